The molecular weight excluding hydrogens is 519 g/mol. The molecule has 1 aromatic carbocycles. The lowest BCUT2D eigenvalue weighted by atomic mass is 10.1. The van der Waals surface area contributed by atoms with Crippen molar-refractivity contribution in [3.05, 3.63) is 35.4 Å². The Balaban J connectivity index is 0.00000512. The van der Waals surface area contributed by atoms with E-state index in [2.05, 4.69) is 32.8 Å². The number of nitrogens with one attached hydrogen (secondary N) is 3. The van der Waals surface area contributed by atoms with Crippen LogP contribution in [0.4, 0.5) is 0 Å². The molecule has 0 saturated carbocycles. The van der Waals surface area contributed by atoms with E-state index in [-0.39, 0.29) is 35.8 Å². The van der Waals surface area contributed by atoms with Gasteiger partial charge in [-0.15, -0.1) is 24.0 Å². The van der Waals surface area contributed by atoms with Gasteiger partial charge in [0.05, 0.1) is 6.54 Å². The summed E-state index contributed by atoms with van der Waals surface area (Å²) >= 11 is 0. The average Bonchev–Trinajstić information content (AvgIpc) is 2.77. The molecule has 1 heterocycles. The lowest BCUT2D eigenvalue weighted by Gasteiger charge is -2.32. The van der Waals surface area contributed by atoms with Crippen molar-refractivity contribution in [2.24, 2.45) is 4.99 Å². The maximum Gasteiger partial charge on any atom is 0.253 e. The zero-order chi connectivity index (χ0) is 22.6. The van der Waals surface area contributed by atoms with E-state index in [1.165, 1.54) is 0 Å². The van der Waals surface area contributed by atoms with Gasteiger partial charge in [0.1, 0.15) is 0 Å². The molecule has 3 N–H and O–H groups in total. The Bertz CT molecular complexity index is 748. The van der Waals surface area contributed by atoms with Gasteiger partial charge in [0.15, 0.2) is 5.96 Å². The van der Waals surface area contributed by atoms with Crippen molar-refractivity contribution in [3.63, 3.8) is 0 Å². The Labute approximate surface area is 209 Å². The van der Waals surface area contributed by atoms with Crippen molar-refractivity contribution in [1.29, 1.82) is 0 Å². The standard InChI is InChI=1S/C23H38N6O2.HI/c1-5-12-25-21(30)17-29-14-10-20(11-15-29)27-23(24-2)26-13-9-18-7-6-8-19(16-18)22(31)28(3)4;/h6-8,16,20H,5,9-15,17H2,1-4H3,(H,25,30)(H2,24,26,27);1H. The molecular formula is C23H39IN6O2. The van der Waals surface area contributed by atoms with E-state index in [0.717, 1.165) is 63.4 Å². The molecule has 1 aliphatic rings. The molecule has 0 aliphatic carbocycles. The number of hydrogen-bond acceptors (Lipinski definition) is 4. The van der Waals surface area contributed by atoms with Crippen molar-refractivity contribution >= 4 is 41.8 Å². The third kappa shape index (κ3) is 9.72. The second-order valence-electron chi connectivity index (χ2n) is 8.19. The van der Waals surface area contributed by atoms with Gasteiger partial charge in [-0.3, -0.25) is 19.5 Å². The zero-order valence-corrected chi connectivity index (χ0v) is 22.1. The second-order valence-corrected chi connectivity index (χ2v) is 8.19. The van der Waals surface area contributed by atoms with Gasteiger partial charge in [0.2, 0.25) is 5.91 Å². The van der Waals surface area contributed by atoms with Gasteiger partial charge >= 0.3 is 0 Å². The molecule has 180 valence electrons. The predicted molar refractivity (Wildman–Crippen MR) is 141 cm³/mol. The number of piperidine rings is 1. The fourth-order valence-electron chi connectivity index (χ4n) is 3.59. The number of carbonyl (C=O) groups excluding carboxylic acids is 2. The highest BCUT2D eigenvalue weighted by Gasteiger charge is 2.21. The number of nitrogens with zero attached hydrogens (tertiary/aromatic N) is 3. The number of likely N-dealkylation sites (tertiary alicyclic amines) is 1. The first-order chi connectivity index (χ1) is 14.9. The van der Waals surface area contributed by atoms with E-state index in [9.17, 15) is 9.59 Å². The van der Waals surface area contributed by atoms with E-state index in [0.29, 0.717) is 18.2 Å². The molecule has 0 aromatic heterocycles. The van der Waals surface area contributed by atoms with Crippen LogP contribution in [0.25, 0.3) is 0 Å². The second kappa shape index (κ2) is 15.0. The molecule has 0 unspecified atom stereocenters. The van der Waals surface area contributed by atoms with E-state index >= 15 is 0 Å². The summed E-state index contributed by atoms with van der Waals surface area (Å²) in [5.74, 6) is 0.920. The third-order valence-corrected chi connectivity index (χ3v) is 5.38. The molecule has 1 fully saturated rings. The Kier molecular flexibility index (Phi) is 13.2. The number of benzene rings is 1. The highest BCUT2D eigenvalue weighted by molar-refractivity contribution is 14.0. The van der Waals surface area contributed by atoms with Gasteiger partial charge in [-0.1, -0.05) is 19.1 Å². The first-order valence-corrected chi connectivity index (χ1v) is 11.2. The third-order valence-electron chi connectivity index (χ3n) is 5.38. The van der Waals surface area contributed by atoms with E-state index in [1.807, 2.05) is 24.3 Å². The Morgan fingerprint density at radius 2 is 1.88 bits per heavy atom. The largest absolute Gasteiger partial charge is 0.356 e. The molecule has 2 amide bonds. The van der Waals surface area contributed by atoms with Crippen molar-refractivity contribution in [1.82, 2.24) is 25.8 Å². The van der Waals surface area contributed by atoms with Crippen molar-refractivity contribution in [3.8, 4) is 0 Å². The Morgan fingerprint density at radius 1 is 1.16 bits per heavy atom. The molecule has 32 heavy (non-hydrogen) atoms. The summed E-state index contributed by atoms with van der Waals surface area (Å²) in [6.45, 7) is 5.82. The average molecular weight is 559 g/mol. The van der Waals surface area contributed by atoms with Crippen LogP contribution in [0, 0.1) is 0 Å². The first kappa shape index (κ1) is 28.2. The summed E-state index contributed by atoms with van der Waals surface area (Å²) < 4.78 is 0. The smallest absolute Gasteiger partial charge is 0.253 e. The summed E-state index contributed by atoms with van der Waals surface area (Å²) in [6.07, 6.45) is 3.73. The number of carbonyl (C=O) groups is 2. The molecule has 1 aromatic rings. The van der Waals surface area contributed by atoms with Crippen LogP contribution in [0.15, 0.2) is 29.3 Å². The van der Waals surface area contributed by atoms with Crippen LogP contribution < -0.4 is 16.0 Å². The van der Waals surface area contributed by atoms with Crippen LogP contribution in [0.2, 0.25) is 0 Å². The highest BCUT2D eigenvalue weighted by atomic mass is 127. The van der Waals surface area contributed by atoms with Gasteiger partial charge < -0.3 is 20.9 Å². The lowest BCUT2D eigenvalue weighted by molar-refractivity contribution is -0.122. The number of amides is 2. The summed E-state index contributed by atoms with van der Waals surface area (Å²) in [5.41, 5.74) is 1.82. The normalized spacial score (nSPS) is 14.9. The van der Waals surface area contributed by atoms with Crippen LogP contribution in [0.1, 0.15) is 42.1 Å². The number of guanidine groups is 1. The van der Waals surface area contributed by atoms with Gasteiger partial charge in [0.25, 0.3) is 5.91 Å². The minimum atomic E-state index is 0. The molecule has 1 saturated heterocycles. The zero-order valence-electron chi connectivity index (χ0n) is 19.8. The highest BCUT2D eigenvalue weighted by Crippen LogP contribution is 2.10. The summed E-state index contributed by atoms with van der Waals surface area (Å²) in [6, 6.07) is 8.11. The summed E-state index contributed by atoms with van der Waals surface area (Å²) in [5, 5.41) is 9.80. The summed E-state index contributed by atoms with van der Waals surface area (Å²) in [7, 11) is 5.30. The van der Waals surface area contributed by atoms with Crippen molar-refractivity contribution in [2.45, 2.75) is 38.6 Å². The first-order valence-electron chi connectivity index (χ1n) is 11.2. The number of hydrogen-bond donors (Lipinski definition) is 3. The maximum absolute atomic E-state index is 12.1. The molecule has 0 bridgehead atoms. The van der Waals surface area contributed by atoms with Crippen LogP contribution in [0.3, 0.4) is 0 Å². The molecule has 8 nitrogen and oxygen atoms in total. The van der Waals surface area contributed by atoms with Gasteiger partial charge in [-0.2, -0.15) is 0 Å². The van der Waals surface area contributed by atoms with Gasteiger partial charge in [-0.25, -0.2) is 0 Å². The minimum absolute atomic E-state index is 0. The SMILES string of the molecule is CCCNC(=O)CN1CCC(NC(=NC)NCCc2cccc(C(=O)N(C)C)c2)CC1.I. The lowest BCUT2D eigenvalue weighted by Crippen LogP contribution is -2.50. The van der Waals surface area contributed by atoms with Crippen molar-refractivity contribution < 1.29 is 9.59 Å². The number of rotatable bonds is 9. The number of aliphatic imine (C=N–C) groups is 1. The van der Waals surface area contributed by atoms with Crippen LogP contribution in [0.5, 0.6) is 0 Å². The van der Waals surface area contributed by atoms with Crippen LogP contribution >= 0.6 is 24.0 Å². The van der Waals surface area contributed by atoms with Crippen LogP contribution in [-0.2, 0) is 11.2 Å². The predicted octanol–water partition coefficient (Wildman–Crippen LogP) is 1.70. The molecule has 0 radical (unpaired) electrons. The summed E-state index contributed by atoms with van der Waals surface area (Å²) in [4.78, 5) is 32.2. The molecule has 1 aliphatic heterocycles. The van der Waals surface area contributed by atoms with Gasteiger partial charge in [0, 0.05) is 58.9 Å². The maximum atomic E-state index is 12.1. The van der Waals surface area contributed by atoms with E-state index in [1.54, 1.807) is 26.0 Å². The molecule has 0 spiro atoms. The minimum Gasteiger partial charge on any atom is -0.356 e. The van der Waals surface area contributed by atoms with Crippen molar-refractivity contribution in [2.75, 3.05) is 53.9 Å². The Morgan fingerprint density at radius 3 is 2.50 bits per heavy atom. The fourth-order valence-corrected chi connectivity index (χ4v) is 3.59. The van der Waals surface area contributed by atoms with E-state index < -0.39 is 0 Å². The fraction of sp³-hybridized carbons (Fsp3) is 0.609. The molecule has 0 atom stereocenters. The molecule has 9 heteroatoms. The number of halogens is 1. The Hall–Kier alpha value is -1.88. The van der Waals surface area contributed by atoms with E-state index in [4.69, 9.17) is 0 Å². The van der Waals surface area contributed by atoms with Crippen LogP contribution in [-0.4, -0.2) is 87.5 Å². The molecule has 2 rings (SSSR count). The quantitative estimate of drug-likeness (QED) is 0.244. The topological polar surface area (TPSA) is 89.1 Å². The van der Waals surface area contributed by atoms with Gasteiger partial charge in [-0.05, 0) is 43.4 Å². The monoisotopic (exact) mass is 558 g/mol.